The zero-order valence-corrected chi connectivity index (χ0v) is 7.77. The zero-order chi connectivity index (χ0) is 8.39. The Bertz CT molecular complexity index is 322. The highest BCUT2D eigenvalue weighted by Crippen LogP contribution is 2.14. The van der Waals surface area contributed by atoms with Gasteiger partial charge in [0, 0.05) is 5.71 Å². The smallest absolute Gasteiger partial charge is 0.165 e. The number of nitrogens with zero attached hydrogens (tertiary/aromatic N) is 2. The van der Waals surface area contributed by atoms with Crippen LogP contribution in [0.2, 0.25) is 0 Å². The van der Waals surface area contributed by atoms with Gasteiger partial charge in [0.15, 0.2) is 5.84 Å². The first-order valence-electron chi connectivity index (χ1n) is 4.05. The van der Waals surface area contributed by atoms with Crippen LogP contribution in [-0.2, 0) is 0 Å². The Hall–Kier alpha value is -0.960. The molecule has 0 N–H and O–H groups in total. The molecule has 1 aliphatic rings. The van der Waals surface area contributed by atoms with Crippen molar-refractivity contribution in [2.24, 2.45) is 9.98 Å². The lowest BCUT2D eigenvalue weighted by Gasteiger charge is -1.89. The van der Waals surface area contributed by atoms with Gasteiger partial charge in [-0.2, -0.15) is 0 Å². The highest BCUT2D eigenvalue weighted by atomic mass is 32.1. The molecule has 2 nitrogen and oxygen atoms in total. The van der Waals surface area contributed by atoms with E-state index in [0.29, 0.717) is 0 Å². The molecule has 1 aromatic heterocycles. The highest BCUT2D eigenvalue weighted by molar-refractivity contribution is 7.12. The Morgan fingerprint density at radius 1 is 1.58 bits per heavy atom. The number of thiophene rings is 1. The molecule has 0 saturated carbocycles. The van der Waals surface area contributed by atoms with Crippen molar-refractivity contribution in [3.63, 3.8) is 0 Å². The molecule has 2 rings (SSSR count). The summed E-state index contributed by atoms with van der Waals surface area (Å²) < 4.78 is 0. The maximum absolute atomic E-state index is 4.43. The van der Waals surface area contributed by atoms with Crippen LogP contribution in [0.5, 0.6) is 0 Å². The predicted molar refractivity (Wildman–Crippen MR) is 53.4 cm³/mol. The molecule has 3 heteroatoms. The van der Waals surface area contributed by atoms with E-state index in [2.05, 4.69) is 28.4 Å². The molecular weight excluding hydrogens is 168 g/mol. The number of rotatable bonds is 2. The number of hydrogen-bond donors (Lipinski definition) is 0. The van der Waals surface area contributed by atoms with E-state index in [1.165, 1.54) is 10.6 Å². The minimum atomic E-state index is 0.795. The Kier molecular flexibility index (Phi) is 2.04. The predicted octanol–water partition coefficient (Wildman–Crippen LogP) is 2.36. The molecule has 0 unspecified atom stereocenters. The maximum Gasteiger partial charge on any atom is 0.165 e. The van der Waals surface area contributed by atoms with Crippen molar-refractivity contribution in [2.75, 3.05) is 6.54 Å². The molecule has 0 aromatic carbocycles. The summed E-state index contributed by atoms with van der Waals surface area (Å²) in [6.45, 7) is 2.91. The lowest BCUT2D eigenvalue weighted by Crippen LogP contribution is -1.95. The summed E-state index contributed by atoms with van der Waals surface area (Å²) in [5.41, 5.74) is 1.19. The summed E-state index contributed by atoms with van der Waals surface area (Å²) >= 11 is 1.69. The molecule has 0 atom stereocenters. The second-order valence-electron chi connectivity index (χ2n) is 2.65. The fourth-order valence-corrected chi connectivity index (χ4v) is 1.79. The monoisotopic (exact) mass is 178 g/mol. The summed E-state index contributed by atoms with van der Waals surface area (Å²) in [5.74, 6) is 0.918. The molecule has 1 aliphatic heterocycles. The number of aliphatic imine (C=N–C) groups is 2. The lowest BCUT2D eigenvalue weighted by molar-refractivity contribution is 1.21. The van der Waals surface area contributed by atoms with E-state index in [1.54, 1.807) is 11.3 Å². The van der Waals surface area contributed by atoms with Crippen LogP contribution in [0, 0.1) is 0 Å². The summed E-state index contributed by atoms with van der Waals surface area (Å²) in [4.78, 5) is 9.96. The maximum atomic E-state index is 4.43. The number of amidine groups is 1. The average molecular weight is 178 g/mol. The van der Waals surface area contributed by atoms with Crippen LogP contribution in [-0.4, -0.2) is 18.1 Å². The van der Waals surface area contributed by atoms with E-state index >= 15 is 0 Å². The first-order valence-corrected chi connectivity index (χ1v) is 4.93. The molecule has 0 aliphatic carbocycles. The van der Waals surface area contributed by atoms with Crippen LogP contribution < -0.4 is 0 Å². The Morgan fingerprint density at radius 3 is 3.08 bits per heavy atom. The molecule has 0 amide bonds. The van der Waals surface area contributed by atoms with Crippen molar-refractivity contribution in [2.45, 2.75) is 13.3 Å². The third-order valence-electron chi connectivity index (χ3n) is 1.83. The normalized spacial score (nSPS) is 16.1. The van der Waals surface area contributed by atoms with Gasteiger partial charge in [0.1, 0.15) is 0 Å². The van der Waals surface area contributed by atoms with Gasteiger partial charge in [0.25, 0.3) is 0 Å². The molecular formula is C9H10N2S. The molecule has 0 fully saturated rings. The first kappa shape index (κ1) is 7.68. The molecule has 12 heavy (non-hydrogen) atoms. The number of hydrogen-bond acceptors (Lipinski definition) is 3. The third kappa shape index (κ3) is 1.32. The van der Waals surface area contributed by atoms with Crippen LogP contribution in [0.4, 0.5) is 0 Å². The highest BCUT2D eigenvalue weighted by Gasteiger charge is 2.10. The van der Waals surface area contributed by atoms with E-state index in [-0.39, 0.29) is 0 Å². The fourth-order valence-electron chi connectivity index (χ4n) is 1.12. The second kappa shape index (κ2) is 3.19. The first-order chi connectivity index (χ1) is 5.90. The van der Waals surface area contributed by atoms with Crippen molar-refractivity contribution in [1.82, 2.24) is 0 Å². The summed E-state index contributed by atoms with van der Waals surface area (Å²) in [6, 6.07) is 4.09. The van der Waals surface area contributed by atoms with Gasteiger partial charge in [0.05, 0.1) is 11.4 Å². The Morgan fingerprint density at radius 2 is 2.50 bits per heavy atom. The molecule has 0 saturated heterocycles. The van der Waals surface area contributed by atoms with Gasteiger partial charge < -0.3 is 0 Å². The van der Waals surface area contributed by atoms with Crippen molar-refractivity contribution < 1.29 is 0 Å². The molecule has 2 heterocycles. The van der Waals surface area contributed by atoms with Gasteiger partial charge in [-0.05, 0) is 17.9 Å². The van der Waals surface area contributed by atoms with Crippen LogP contribution in [0.25, 0.3) is 0 Å². The molecule has 0 bridgehead atoms. The van der Waals surface area contributed by atoms with Crippen molar-refractivity contribution in [3.8, 4) is 0 Å². The minimum Gasteiger partial charge on any atom is -0.259 e. The summed E-state index contributed by atoms with van der Waals surface area (Å²) in [7, 11) is 0. The van der Waals surface area contributed by atoms with Gasteiger partial charge in [-0.25, -0.2) is 4.99 Å². The van der Waals surface area contributed by atoms with Crippen molar-refractivity contribution in [3.05, 3.63) is 22.4 Å². The average Bonchev–Trinajstić information content (AvgIpc) is 2.75. The van der Waals surface area contributed by atoms with E-state index < -0.39 is 0 Å². The Labute approximate surface area is 75.7 Å². The van der Waals surface area contributed by atoms with E-state index in [9.17, 15) is 0 Å². The van der Waals surface area contributed by atoms with E-state index in [4.69, 9.17) is 0 Å². The second-order valence-corrected chi connectivity index (χ2v) is 3.60. The largest absolute Gasteiger partial charge is 0.259 e. The van der Waals surface area contributed by atoms with Crippen LogP contribution in [0.1, 0.15) is 18.2 Å². The van der Waals surface area contributed by atoms with Crippen molar-refractivity contribution in [1.29, 1.82) is 0 Å². The van der Waals surface area contributed by atoms with Crippen LogP contribution in [0.15, 0.2) is 27.5 Å². The SMILES string of the molecule is CCC1=NC(c2cccs2)=NC1. The van der Waals surface area contributed by atoms with Gasteiger partial charge >= 0.3 is 0 Å². The zero-order valence-electron chi connectivity index (χ0n) is 6.95. The molecule has 62 valence electrons. The van der Waals surface area contributed by atoms with Gasteiger partial charge in [-0.3, -0.25) is 4.99 Å². The lowest BCUT2D eigenvalue weighted by atomic mass is 10.3. The van der Waals surface area contributed by atoms with Crippen molar-refractivity contribution >= 4 is 22.9 Å². The molecule has 0 spiro atoms. The fraction of sp³-hybridized carbons (Fsp3) is 0.333. The van der Waals surface area contributed by atoms with Gasteiger partial charge in [-0.1, -0.05) is 13.0 Å². The summed E-state index contributed by atoms with van der Waals surface area (Å²) in [5, 5.41) is 2.05. The van der Waals surface area contributed by atoms with E-state index in [1.807, 2.05) is 6.07 Å². The third-order valence-corrected chi connectivity index (χ3v) is 2.69. The Balaban J connectivity index is 2.23. The molecule has 0 radical (unpaired) electrons. The topological polar surface area (TPSA) is 24.7 Å². The van der Waals surface area contributed by atoms with Gasteiger partial charge in [-0.15, -0.1) is 11.3 Å². The minimum absolute atomic E-state index is 0.795. The van der Waals surface area contributed by atoms with Crippen LogP contribution >= 0.6 is 11.3 Å². The van der Waals surface area contributed by atoms with E-state index in [0.717, 1.165) is 18.8 Å². The summed E-state index contributed by atoms with van der Waals surface area (Å²) in [6.07, 6.45) is 1.01. The molecule has 1 aromatic rings. The standard InChI is InChI=1S/C9H10N2S/c1-2-7-6-10-9(11-7)8-4-3-5-12-8/h3-5H,2,6H2,1H3. The van der Waals surface area contributed by atoms with Gasteiger partial charge in [0.2, 0.25) is 0 Å². The van der Waals surface area contributed by atoms with Crippen LogP contribution in [0.3, 0.4) is 0 Å². The quantitative estimate of drug-likeness (QED) is 0.664.